The van der Waals surface area contributed by atoms with E-state index in [0.29, 0.717) is 17.6 Å². The van der Waals surface area contributed by atoms with E-state index in [4.69, 9.17) is 0 Å². The van der Waals surface area contributed by atoms with Crippen molar-refractivity contribution in [3.05, 3.63) is 35.4 Å². The number of rotatable bonds is 3. The van der Waals surface area contributed by atoms with Gasteiger partial charge in [-0.3, -0.25) is 4.90 Å². The zero-order valence-electron chi connectivity index (χ0n) is 11.9. The predicted molar refractivity (Wildman–Crippen MR) is 75.5 cm³/mol. The van der Waals surface area contributed by atoms with Gasteiger partial charge in [0.15, 0.2) is 11.6 Å². The van der Waals surface area contributed by atoms with Crippen LogP contribution in [0.1, 0.15) is 44.2 Å². The lowest BCUT2D eigenvalue weighted by Gasteiger charge is -2.34. The normalized spacial score (nSPS) is 28.9. The molecule has 1 aromatic rings. The minimum atomic E-state index is -0.746. The van der Waals surface area contributed by atoms with E-state index in [-0.39, 0.29) is 6.04 Å². The fourth-order valence-electron chi connectivity index (χ4n) is 3.79. The Hall–Kier alpha value is -1.00. The summed E-state index contributed by atoms with van der Waals surface area (Å²) in [6.07, 6.45) is 4.71. The maximum Gasteiger partial charge on any atom is 0.163 e. The average molecular weight is 280 g/mol. The topological polar surface area (TPSA) is 15.3 Å². The van der Waals surface area contributed by atoms with Crippen LogP contribution in [0.15, 0.2) is 18.2 Å². The summed E-state index contributed by atoms with van der Waals surface area (Å²) in [5.74, 6) is -1.44. The third kappa shape index (κ3) is 2.47. The highest BCUT2D eigenvalue weighted by molar-refractivity contribution is 5.22. The van der Waals surface area contributed by atoms with E-state index in [1.54, 1.807) is 12.1 Å². The second-order valence-electron chi connectivity index (χ2n) is 5.97. The molecule has 0 radical (unpaired) electrons. The van der Waals surface area contributed by atoms with Crippen LogP contribution in [0.5, 0.6) is 0 Å². The molecule has 2 saturated heterocycles. The largest absolute Gasteiger partial charge is 0.312 e. The molecule has 0 aromatic heterocycles. The quantitative estimate of drug-likeness (QED) is 0.914. The molecular weight excluding hydrogens is 258 g/mol. The minimum absolute atomic E-state index is 0.0689. The van der Waals surface area contributed by atoms with Gasteiger partial charge < -0.3 is 5.32 Å². The van der Waals surface area contributed by atoms with Crippen LogP contribution in [0.4, 0.5) is 8.78 Å². The summed E-state index contributed by atoms with van der Waals surface area (Å²) >= 11 is 0. The van der Waals surface area contributed by atoms with Gasteiger partial charge in [-0.15, -0.1) is 0 Å². The number of hydrogen-bond donors (Lipinski definition) is 1. The van der Waals surface area contributed by atoms with Gasteiger partial charge in [-0.1, -0.05) is 12.1 Å². The van der Waals surface area contributed by atoms with Gasteiger partial charge in [0, 0.05) is 23.7 Å². The van der Waals surface area contributed by atoms with Crippen LogP contribution in [0.25, 0.3) is 0 Å². The summed E-state index contributed by atoms with van der Waals surface area (Å²) in [6.45, 7) is 4.04. The Kier molecular flexibility index (Phi) is 4.03. The predicted octanol–water partition coefficient (Wildman–Crippen LogP) is 3.24. The van der Waals surface area contributed by atoms with Crippen LogP contribution in [0.3, 0.4) is 0 Å². The van der Waals surface area contributed by atoms with Crippen molar-refractivity contribution < 1.29 is 8.78 Å². The molecule has 0 amide bonds. The van der Waals surface area contributed by atoms with E-state index in [1.165, 1.54) is 18.9 Å². The molecule has 3 rings (SSSR count). The Balaban J connectivity index is 1.81. The molecule has 110 valence electrons. The molecule has 3 atom stereocenters. The molecule has 1 aromatic carbocycles. The Bertz CT molecular complexity index is 472. The second-order valence-corrected chi connectivity index (χ2v) is 5.97. The number of likely N-dealkylation sites (tertiary alicyclic amines) is 1. The lowest BCUT2D eigenvalue weighted by atomic mass is 10.00. The van der Waals surface area contributed by atoms with Crippen LogP contribution in [-0.4, -0.2) is 30.1 Å². The Morgan fingerprint density at radius 2 is 2.10 bits per heavy atom. The fraction of sp³-hybridized carbons (Fsp3) is 0.625. The molecule has 20 heavy (non-hydrogen) atoms. The van der Waals surface area contributed by atoms with Crippen molar-refractivity contribution >= 4 is 0 Å². The molecule has 1 N–H and O–H groups in total. The zero-order chi connectivity index (χ0) is 14.1. The number of hydrogen-bond acceptors (Lipinski definition) is 2. The molecule has 2 heterocycles. The van der Waals surface area contributed by atoms with Crippen LogP contribution in [0, 0.1) is 11.6 Å². The van der Waals surface area contributed by atoms with E-state index in [9.17, 15) is 8.78 Å². The van der Waals surface area contributed by atoms with Gasteiger partial charge in [0.05, 0.1) is 0 Å². The number of nitrogens with zero attached hydrogens (tertiary/aromatic N) is 1. The van der Waals surface area contributed by atoms with Crippen LogP contribution >= 0.6 is 0 Å². The van der Waals surface area contributed by atoms with Crippen LogP contribution in [-0.2, 0) is 0 Å². The van der Waals surface area contributed by atoms with E-state index >= 15 is 0 Å². The highest BCUT2D eigenvalue weighted by atomic mass is 19.2. The number of benzene rings is 1. The van der Waals surface area contributed by atoms with Crippen molar-refractivity contribution in [1.29, 1.82) is 0 Å². The van der Waals surface area contributed by atoms with Gasteiger partial charge in [-0.05, 0) is 51.8 Å². The molecule has 2 fully saturated rings. The first-order valence-corrected chi connectivity index (χ1v) is 7.61. The molecule has 0 aliphatic carbocycles. The second kappa shape index (κ2) is 5.78. The minimum Gasteiger partial charge on any atom is -0.312 e. The summed E-state index contributed by atoms with van der Waals surface area (Å²) < 4.78 is 27.4. The molecule has 4 heteroatoms. The number of nitrogens with one attached hydrogen (secondary N) is 1. The highest BCUT2D eigenvalue weighted by Gasteiger charge is 2.36. The monoisotopic (exact) mass is 280 g/mol. The zero-order valence-corrected chi connectivity index (χ0v) is 11.9. The highest BCUT2D eigenvalue weighted by Crippen LogP contribution is 2.34. The lowest BCUT2D eigenvalue weighted by molar-refractivity contribution is 0.160. The van der Waals surface area contributed by atoms with Crippen LogP contribution in [0.2, 0.25) is 0 Å². The summed E-state index contributed by atoms with van der Waals surface area (Å²) in [6, 6.07) is 5.39. The van der Waals surface area contributed by atoms with Crippen molar-refractivity contribution in [2.75, 3.05) is 13.1 Å². The fourth-order valence-corrected chi connectivity index (χ4v) is 3.79. The summed E-state index contributed by atoms with van der Waals surface area (Å²) in [5, 5.41) is 3.55. The van der Waals surface area contributed by atoms with Crippen molar-refractivity contribution in [2.24, 2.45) is 0 Å². The standard InChI is InChI=1S/C16H22F2N2/c1-11(12-5-2-6-13(17)16(12)18)20-10-4-8-15(20)14-7-3-9-19-14/h2,5-6,11,14-15,19H,3-4,7-10H2,1H3. The molecule has 0 saturated carbocycles. The lowest BCUT2D eigenvalue weighted by Crippen LogP contribution is -2.45. The van der Waals surface area contributed by atoms with Gasteiger partial charge in [0.1, 0.15) is 0 Å². The Morgan fingerprint density at radius 3 is 2.85 bits per heavy atom. The molecule has 2 aliphatic rings. The summed E-state index contributed by atoms with van der Waals surface area (Å²) in [7, 11) is 0. The summed E-state index contributed by atoms with van der Waals surface area (Å²) in [4.78, 5) is 2.35. The first-order chi connectivity index (χ1) is 9.68. The van der Waals surface area contributed by atoms with E-state index in [2.05, 4.69) is 10.2 Å². The molecule has 0 bridgehead atoms. The first-order valence-electron chi connectivity index (χ1n) is 7.61. The maximum atomic E-state index is 14.0. The number of halogens is 2. The van der Waals surface area contributed by atoms with Gasteiger partial charge in [0.2, 0.25) is 0 Å². The SMILES string of the molecule is CC(c1cccc(F)c1F)N1CCCC1C1CCCN1. The third-order valence-electron chi connectivity index (χ3n) is 4.83. The van der Waals surface area contributed by atoms with Crippen molar-refractivity contribution in [1.82, 2.24) is 10.2 Å². The Morgan fingerprint density at radius 1 is 1.25 bits per heavy atom. The third-order valence-corrected chi connectivity index (χ3v) is 4.83. The van der Waals surface area contributed by atoms with Gasteiger partial charge in [-0.25, -0.2) is 8.78 Å². The summed E-state index contributed by atoms with van der Waals surface area (Å²) in [5.41, 5.74) is 0.481. The van der Waals surface area contributed by atoms with Crippen LogP contribution < -0.4 is 5.32 Å². The van der Waals surface area contributed by atoms with Gasteiger partial charge >= 0.3 is 0 Å². The molecule has 2 aliphatic heterocycles. The molecule has 0 spiro atoms. The van der Waals surface area contributed by atoms with E-state index < -0.39 is 11.6 Å². The smallest absolute Gasteiger partial charge is 0.163 e. The average Bonchev–Trinajstić information content (AvgIpc) is 3.10. The van der Waals surface area contributed by atoms with E-state index in [1.807, 2.05) is 6.92 Å². The van der Waals surface area contributed by atoms with Crippen molar-refractivity contribution in [2.45, 2.75) is 50.7 Å². The van der Waals surface area contributed by atoms with Gasteiger partial charge in [-0.2, -0.15) is 0 Å². The van der Waals surface area contributed by atoms with Crippen molar-refractivity contribution in [3.63, 3.8) is 0 Å². The Labute approximate surface area is 119 Å². The first kappa shape index (κ1) is 14.0. The molecule has 2 nitrogen and oxygen atoms in total. The van der Waals surface area contributed by atoms with E-state index in [0.717, 1.165) is 25.9 Å². The molecule has 3 unspecified atom stereocenters. The maximum absolute atomic E-state index is 14.0. The van der Waals surface area contributed by atoms with Gasteiger partial charge in [0.25, 0.3) is 0 Å². The molecular formula is C16H22F2N2. The van der Waals surface area contributed by atoms with Crippen molar-refractivity contribution in [3.8, 4) is 0 Å².